The van der Waals surface area contributed by atoms with E-state index in [2.05, 4.69) is 5.32 Å². The summed E-state index contributed by atoms with van der Waals surface area (Å²) in [5.41, 5.74) is 0.585. The fraction of sp³-hybridized carbons (Fsp3) is 0.263. The number of hydrogen-bond acceptors (Lipinski definition) is 5. The number of amides is 1. The van der Waals surface area contributed by atoms with Gasteiger partial charge in [0.2, 0.25) is 0 Å². The maximum Gasteiger partial charge on any atom is 0.317 e. The van der Waals surface area contributed by atoms with Crippen LogP contribution in [0.4, 0.5) is 5.69 Å². The van der Waals surface area contributed by atoms with Crippen molar-refractivity contribution in [3.05, 3.63) is 60.2 Å². The highest BCUT2D eigenvalue weighted by Gasteiger charge is 2.52. The predicted octanol–water partition coefficient (Wildman–Crippen LogP) is 2.30. The highest BCUT2D eigenvalue weighted by Crippen LogP contribution is 2.49. The van der Waals surface area contributed by atoms with Gasteiger partial charge in [-0.25, -0.2) is 8.42 Å². The molecule has 1 N–H and O–H groups in total. The molecule has 7 heteroatoms. The van der Waals surface area contributed by atoms with Crippen LogP contribution in [0.5, 0.6) is 0 Å². The summed E-state index contributed by atoms with van der Waals surface area (Å²) in [6.07, 6.45) is 2.50. The zero-order valence-corrected chi connectivity index (χ0v) is 15.1. The molecule has 2 aromatic carbocycles. The molecule has 1 saturated carbocycles. The zero-order chi connectivity index (χ0) is 18.8. The summed E-state index contributed by atoms with van der Waals surface area (Å²) in [4.78, 5) is 24.5. The van der Waals surface area contributed by atoms with Crippen LogP contribution in [0.2, 0.25) is 0 Å². The molecule has 0 bridgehead atoms. The van der Waals surface area contributed by atoms with Crippen molar-refractivity contribution in [1.29, 1.82) is 0 Å². The van der Waals surface area contributed by atoms with Gasteiger partial charge in [0.15, 0.2) is 16.4 Å². The van der Waals surface area contributed by atoms with Crippen LogP contribution in [0.25, 0.3) is 0 Å². The van der Waals surface area contributed by atoms with Crippen LogP contribution in [0.3, 0.4) is 0 Å². The fourth-order valence-electron chi connectivity index (χ4n) is 2.76. The molecule has 0 saturated heterocycles. The highest BCUT2D eigenvalue weighted by molar-refractivity contribution is 7.90. The second-order valence-electron chi connectivity index (χ2n) is 6.37. The van der Waals surface area contributed by atoms with Crippen molar-refractivity contribution >= 4 is 27.4 Å². The molecule has 136 valence electrons. The first-order valence-corrected chi connectivity index (χ1v) is 10.0. The van der Waals surface area contributed by atoms with Crippen LogP contribution in [0.15, 0.2) is 59.5 Å². The summed E-state index contributed by atoms with van der Waals surface area (Å²) in [6.45, 7) is -0.420. The van der Waals surface area contributed by atoms with Gasteiger partial charge in [-0.3, -0.25) is 9.59 Å². The molecule has 0 unspecified atom stereocenters. The van der Waals surface area contributed by atoms with E-state index in [1.54, 1.807) is 6.07 Å². The second-order valence-corrected chi connectivity index (χ2v) is 8.39. The van der Waals surface area contributed by atoms with Gasteiger partial charge < -0.3 is 10.1 Å². The van der Waals surface area contributed by atoms with E-state index in [-0.39, 0.29) is 4.90 Å². The minimum absolute atomic E-state index is 0.105. The van der Waals surface area contributed by atoms with E-state index in [1.807, 2.05) is 30.3 Å². The van der Waals surface area contributed by atoms with E-state index in [0.717, 1.165) is 11.8 Å². The molecule has 0 heterocycles. The van der Waals surface area contributed by atoms with E-state index in [9.17, 15) is 18.0 Å². The average Bonchev–Trinajstić information content (AvgIpc) is 3.42. The van der Waals surface area contributed by atoms with E-state index < -0.39 is 33.7 Å². The summed E-state index contributed by atoms with van der Waals surface area (Å²) in [5, 5.41) is 2.54. The number of hydrogen-bond donors (Lipinski definition) is 1. The molecule has 0 spiro atoms. The van der Waals surface area contributed by atoms with Crippen molar-refractivity contribution < 1.29 is 22.7 Å². The molecule has 2 aromatic rings. The minimum Gasteiger partial charge on any atom is -0.455 e. The third-order valence-electron chi connectivity index (χ3n) is 4.35. The predicted molar refractivity (Wildman–Crippen MR) is 96.5 cm³/mol. The quantitative estimate of drug-likeness (QED) is 0.785. The van der Waals surface area contributed by atoms with Crippen LogP contribution < -0.4 is 5.32 Å². The van der Waals surface area contributed by atoms with E-state index in [4.69, 9.17) is 4.74 Å². The molecule has 1 aliphatic rings. The molecule has 26 heavy (non-hydrogen) atoms. The number of sulfone groups is 1. The zero-order valence-electron chi connectivity index (χ0n) is 14.3. The lowest BCUT2D eigenvalue weighted by atomic mass is 9.96. The van der Waals surface area contributed by atoms with Crippen LogP contribution in [0, 0.1) is 0 Å². The molecule has 6 nitrogen and oxygen atoms in total. The normalized spacial score (nSPS) is 15.1. The van der Waals surface area contributed by atoms with Gasteiger partial charge in [-0.2, -0.15) is 0 Å². The van der Waals surface area contributed by atoms with Crippen molar-refractivity contribution in [2.45, 2.75) is 23.2 Å². The first-order chi connectivity index (χ1) is 12.3. The third kappa shape index (κ3) is 3.94. The summed E-state index contributed by atoms with van der Waals surface area (Å²) in [7, 11) is -3.37. The second kappa shape index (κ2) is 6.92. The molecule has 0 aliphatic heterocycles. The summed E-state index contributed by atoms with van der Waals surface area (Å²) >= 11 is 0. The number of carbonyl (C=O) groups is 2. The maximum absolute atomic E-state index is 12.4. The maximum atomic E-state index is 12.4. The van der Waals surface area contributed by atoms with Crippen LogP contribution in [0.1, 0.15) is 18.4 Å². The lowest BCUT2D eigenvalue weighted by Gasteiger charge is -2.14. The van der Waals surface area contributed by atoms with Crippen molar-refractivity contribution in [2.75, 3.05) is 18.2 Å². The minimum atomic E-state index is -3.37. The van der Waals surface area contributed by atoms with Crippen LogP contribution in [-0.4, -0.2) is 33.2 Å². The molecule has 3 rings (SSSR count). The smallest absolute Gasteiger partial charge is 0.317 e. The summed E-state index contributed by atoms with van der Waals surface area (Å²) < 4.78 is 28.3. The fourth-order valence-corrected chi connectivity index (χ4v) is 3.43. The number of carbonyl (C=O) groups excluding carboxylic acids is 2. The largest absolute Gasteiger partial charge is 0.455 e. The standard InChI is InChI=1S/C19H19NO5S/c1-26(23,24)16-9-5-8-15(12-16)20-17(21)13-25-18(22)19(10-11-19)14-6-3-2-4-7-14/h2-9,12H,10-11,13H2,1H3,(H,20,21). The van der Waals surface area contributed by atoms with Gasteiger partial charge >= 0.3 is 5.97 Å². The number of rotatable bonds is 6. The Labute approximate surface area is 152 Å². The molecule has 0 atom stereocenters. The summed E-state index contributed by atoms with van der Waals surface area (Å²) in [5.74, 6) is -0.934. The average molecular weight is 373 g/mol. The molecule has 1 aliphatic carbocycles. The van der Waals surface area contributed by atoms with Crippen molar-refractivity contribution in [3.8, 4) is 0 Å². The molecule has 0 radical (unpaired) electrons. The number of benzene rings is 2. The Kier molecular flexibility index (Phi) is 4.82. The Morgan fingerprint density at radius 2 is 1.77 bits per heavy atom. The Morgan fingerprint density at radius 1 is 1.08 bits per heavy atom. The van der Waals surface area contributed by atoms with Crippen molar-refractivity contribution in [3.63, 3.8) is 0 Å². The molecular formula is C19H19NO5S. The number of nitrogens with one attached hydrogen (secondary N) is 1. The molecule has 0 aromatic heterocycles. The van der Waals surface area contributed by atoms with Crippen LogP contribution >= 0.6 is 0 Å². The van der Waals surface area contributed by atoms with Crippen molar-refractivity contribution in [1.82, 2.24) is 0 Å². The number of ether oxygens (including phenoxy) is 1. The molecule has 1 amide bonds. The third-order valence-corrected chi connectivity index (χ3v) is 5.46. The van der Waals surface area contributed by atoms with E-state index in [0.29, 0.717) is 18.5 Å². The van der Waals surface area contributed by atoms with Gasteiger partial charge in [-0.05, 0) is 36.6 Å². The van der Waals surface area contributed by atoms with E-state index in [1.165, 1.54) is 18.2 Å². The Balaban J connectivity index is 1.59. The lowest BCUT2D eigenvalue weighted by molar-refractivity contribution is -0.150. The van der Waals surface area contributed by atoms with Crippen molar-refractivity contribution in [2.24, 2.45) is 0 Å². The van der Waals surface area contributed by atoms with E-state index >= 15 is 0 Å². The number of esters is 1. The van der Waals surface area contributed by atoms with Gasteiger partial charge in [-0.1, -0.05) is 36.4 Å². The van der Waals surface area contributed by atoms with Gasteiger partial charge in [0.25, 0.3) is 5.91 Å². The lowest BCUT2D eigenvalue weighted by Crippen LogP contribution is -2.28. The van der Waals surface area contributed by atoms with Gasteiger partial charge in [0.05, 0.1) is 10.3 Å². The first-order valence-electron chi connectivity index (χ1n) is 8.14. The molecule has 1 fully saturated rings. The van der Waals surface area contributed by atoms with Gasteiger partial charge in [0, 0.05) is 11.9 Å². The Hall–Kier alpha value is -2.67. The Bertz CT molecular complexity index is 933. The monoisotopic (exact) mass is 373 g/mol. The first kappa shape index (κ1) is 18.1. The SMILES string of the molecule is CS(=O)(=O)c1cccc(NC(=O)COC(=O)C2(c3ccccc3)CC2)c1. The highest BCUT2D eigenvalue weighted by atomic mass is 32.2. The summed E-state index contributed by atoms with van der Waals surface area (Å²) in [6, 6.07) is 15.3. The molecular weight excluding hydrogens is 354 g/mol. The number of anilines is 1. The Morgan fingerprint density at radius 3 is 2.38 bits per heavy atom. The van der Waals surface area contributed by atoms with Crippen LogP contribution in [-0.2, 0) is 29.6 Å². The van der Waals surface area contributed by atoms with Gasteiger partial charge in [0.1, 0.15) is 0 Å². The van der Waals surface area contributed by atoms with Gasteiger partial charge in [-0.15, -0.1) is 0 Å². The topological polar surface area (TPSA) is 89.5 Å².